The molecule has 22 heavy (non-hydrogen) atoms. The predicted octanol–water partition coefficient (Wildman–Crippen LogP) is 2.36. The molecular weight excluding hydrogens is 280 g/mol. The monoisotopic (exact) mass is 306 g/mol. The Morgan fingerprint density at radius 2 is 2.09 bits per heavy atom. The van der Waals surface area contributed by atoms with Gasteiger partial charge in [0.1, 0.15) is 5.60 Å². The van der Waals surface area contributed by atoms with Crippen LogP contribution in [0.1, 0.15) is 58.2 Å². The summed E-state index contributed by atoms with van der Waals surface area (Å²) in [7, 11) is 0. The maximum atomic E-state index is 11.7. The molecule has 0 atom stereocenters. The molecule has 1 aromatic heterocycles. The van der Waals surface area contributed by atoms with E-state index >= 15 is 0 Å². The first kappa shape index (κ1) is 15.3. The summed E-state index contributed by atoms with van der Waals surface area (Å²) in [5, 5.41) is 6.46. The molecule has 0 spiro atoms. The molecule has 2 N–H and O–H groups in total. The minimum Gasteiger partial charge on any atom is -0.444 e. The summed E-state index contributed by atoms with van der Waals surface area (Å²) in [5.74, 6) is 0. The van der Waals surface area contributed by atoms with E-state index in [4.69, 9.17) is 4.74 Å². The van der Waals surface area contributed by atoms with Crippen molar-refractivity contribution in [3.63, 3.8) is 0 Å². The van der Waals surface area contributed by atoms with Crippen LogP contribution in [0.3, 0.4) is 0 Å². The highest BCUT2D eigenvalue weighted by Gasteiger charge is 2.32. The molecule has 0 aromatic carbocycles. The van der Waals surface area contributed by atoms with Crippen molar-refractivity contribution < 1.29 is 9.53 Å². The molecule has 6 nitrogen and oxygen atoms in total. The Labute approximate surface area is 131 Å². The fraction of sp³-hybridized carbons (Fsp3) is 0.750. The second-order valence-corrected chi connectivity index (χ2v) is 7.42. The highest BCUT2D eigenvalue weighted by Crippen LogP contribution is 2.35. The number of hydrogen-bond acceptors (Lipinski definition) is 4. The zero-order valence-electron chi connectivity index (χ0n) is 13.6. The summed E-state index contributed by atoms with van der Waals surface area (Å²) in [5.41, 5.74) is 0.818. The third-order valence-electron chi connectivity index (χ3n) is 4.12. The Kier molecular flexibility index (Phi) is 4.12. The number of rotatable bonds is 5. The van der Waals surface area contributed by atoms with Gasteiger partial charge in [0.15, 0.2) is 0 Å². The minimum atomic E-state index is -0.438. The Hall–Kier alpha value is -1.56. The Morgan fingerprint density at radius 1 is 1.36 bits per heavy atom. The topological polar surface area (TPSA) is 68.2 Å². The first-order valence-electron chi connectivity index (χ1n) is 8.14. The zero-order valence-corrected chi connectivity index (χ0v) is 13.6. The lowest BCUT2D eigenvalue weighted by molar-refractivity contribution is 0.0465. The Morgan fingerprint density at radius 3 is 2.73 bits per heavy atom. The van der Waals surface area contributed by atoms with Crippen molar-refractivity contribution in [1.82, 2.24) is 20.2 Å². The third kappa shape index (κ3) is 4.00. The van der Waals surface area contributed by atoms with E-state index in [1.807, 2.05) is 33.3 Å². The van der Waals surface area contributed by atoms with Crippen molar-refractivity contribution in [3.05, 3.63) is 18.2 Å². The smallest absolute Gasteiger partial charge is 0.407 e. The van der Waals surface area contributed by atoms with Crippen LogP contribution in [0.25, 0.3) is 0 Å². The normalized spacial score (nSPS) is 24.7. The average molecular weight is 306 g/mol. The van der Waals surface area contributed by atoms with Crippen LogP contribution in [0.4, 0.5) is 4.79 Å². The summed E-state index contributed by atoms with van der Waals surface area (Å²) in [6, 6.07) is 1.35. The molecule has 1 amide bonds. The van der Waals surface area contributed by atoms with Crippen molar-refractivity contribution in [2.24, 2.45) is 0 Å². The lowest BCUT2D eigenvalue weighted by Gasteiger charge is -2.36. The first-order valence-corrected chi connectivity index (χ1v) is 8.14. The zero-order chi connectivity index (χ0) is 15.7. The Bertz CT molecular complexity index is 524. The number of nitrogens with zero attached hydrogens (tertiary/aromatic N) is 2. The number of alkyl carbamates (subject to hydrolysis) is 1. The standard InChI is InChI=1S/C16H26N4O2/c1-16(2,3)22-15(21)19-12-6-11(7-12)18-9-14-8-17-10-20(14)13-4-5-13/h8,10-13,18H,4-7,9H2,1-3H3,(H,19,21). The SMILES string of the molecule is CC(C)(C)OC(=O)NC1CC(NCc2cncn2C2CC2)C1. The van der Waals surface area contributed by atoms with Gasteiger partial charge in [-0.15, -0.1) is 0 Å². The molecule has 6 heteroatoms. The summed E-state index contributed by atoms with van der Waals surface area (Å²) in [6.07, 6.45) is 8.02. The van der Waals surface area contributed by atoms with Crippen LogP contribution in [0, 0.1) is 0 Å². The van der Waals surface area contributed by atoms with Gasteiger partial charge in [-0.2, -0.15) is 0 Å². The van der Waals surface area contributed by atoms with Crippen LogP contribution < -0.4 is 10.6 Å². The molecule has 0 radical (unpaired) electrons. The van der Waals surface area contributed by atoms with Gasteiger partial charge in [0.25, 0.3) is 0 Å². The quantitative estimate of drug-likeness (QED) is 0.876. The van der Waals surface area contributed by atoms with Gasteiger partial charge in [-0.05, 0) is 46.5 Å². The molecule has 0 unspecified atom stereocenters. The molecule has 2 aliphatic carbocycles. The summed E-state index contributed by atoms with van der Waals surface area (Å²) in [6.45, 7) is 6.47. The summed E-state index contributed by atoms with van der Waals surface area (Å²) < 4.78 is 7.55. The van der Waals surface area contributed by atoms with E-state index in [2.05, 4.69) is 20.2 Å². The van der Waals surface area contributed by atoms with Crippen LogP contribution in [0.5, 0.6) is 0 Å². The highest BCUT2D eigenvalue weighted by molar-refractivity contribution is 5.68. The molecule has 0 saturated heterocycles. The van der Waals surface area contributed by atoms with Crippen molar-refractivity contribution in [2.75, 3.05) is 0 Å². The molecule has 122 valence electrons. The van der Waals surface area contributed by atoms with E-state index < -0.39 is 5.60 Å². The maximum absolute atomic E-state index is 11.7. The molecule has 2 fully saturated rings. The number of carbonyl (C=O) groups excluding carboxylic acids is 1. The van der Waals surface area contributed by atoms with Crippen LogP contribution in [0.2, 0.25) is 0 Å². The number of amides is 1. The lowest BCUT2D eigenvalue weighted by atomic mass is 9.87. The molecule has 2 saturated carbocycles. The van der Waals surface area contributed by atoms with Crippen molar-refractivity contribution >= 4 is 6.09 Å². The molecule has 0 aliphatic heterocycles. The van der Waals surface area contributed by atoms with Crippen molar-refractivity contribution in [1.29, 1.82) is 0 Å². The van der Waals surface area contributed by atoms with E-state index in [1.54, 1.807) is 0 Å². The van der Waals surface area contributed by atoms with Crippen LogP contribution >= 0.6 is 0 Å². The van der Waals surface area contributed by atoms with E-state index in [0.717, 1.165) is 19.4 Å². The molecule has 3 rings (SSSR count). The van der Waals surface area contributed by atoms with Gasteiger partial charge in [0.2, 0.25) is 0 Å². The van der Waals surface area contributed by atoms with E-state index in [-0.39, 0.29) is 12.1 Å². The van der Waals surface area contributed by atoms with Gasteiger partial charge < -0.3 is 19.9 Å². The van der Waals surface area contributed by atoms with Crippen LogP contribution in [-0.4, -0.2) is 33.3 Å². The van der Waals surface area contributed by atoms with Crippen LogP contribution in [0.15, 0.2) is 12.5 Å². The van der Waals surface area contributed by atoms with Crippen LogP contribution in [-0.2, 0) is 11.3 Å². The van der Waals surface area contributed by atoms with Gasteiger partial charge in [-0.1, -0.05) is 0 Å². The average Bonchev–Trinajstić information content (AvgIpc) is 3.09. The molecule has 1 aromatic rings. The van der Waals surface area contributed by atoms with Gasteiger partial charge in [0.05, 0.1) is 12.0 Å². The number of aromatic nitrogens is 2. The fourth-order valence-corrected chi connectivity index (χ4v) is 2.78. The van der Waals surface area contributed by atoms with Gasteiger partial charge in [-0.25, -0.2) is 9.78 Å². The van der Waals surface area contributed by atoms with Gasteiger partial charge >= 0.3 is 6.09 Å². The minimum absolute atomic E-state index is 0.223. The molecular formula is C16H26N4O2. The third-order valence-corrected chi connectivity index (χ3v) is 4.12. The van der Waals surface area contributed by atoms with Crippen molar-refractivity contribution in [2.45, 2.75) is 76.7 Å². The molecule has 1 heterocycles. The largest absolute Gasteiger partial charge is 0.444 e. The number of hydrogen-bond donors (Lipinski definition) is 2. The number of carbonyl (C=O) groups is 1. The Balaban J connectivity index is 1.35. The van der Waals surface area contributed by atoms with Crippen molar-refractivity contribution in [3.8, 4) is 0 Å². The maximum Gasteiger partial charge on any atom is 0.407 e. The molecule has 0 bridgehead atoms. The predicted molar refractivity (Wildman–Crippen MR) is 83.5 cm³/mol. The highest BCUT2D eigenvalue weighted by atomic mass is 16.6. The summed E-state index contributed by atoms with van der Waals surface area (Å²) in [4.78, 5) is 15.9. The van der Waals surface area contributed by atoms with E-state index in [1.165, 1.54) is 18.5 Å². The first-order chi connectivity index (χ1) is 10.4. The van der Waals surface area contributed by atoms with E-state index in [0.29, 0.717) is 12.1 Å². The number of imidazole rings is 1. The second kappa shape index (κ2) is 5.91. The van der Waals surface area contributed by atoms with Gasteiger partial charge in [-0.3, -0.25) is 0 Å². The molecule has 2 aliphatic rings. The fourth-order valence-electron chi connectivity index (χ4n) is 2.78. The number of ether oxygens (including phenoxy) is 1. The summed E-state index contributed by atoms with van der Waals surface area (Å²) >= 11 is 0. The lowest BCUT2D eigenvalue weighted by Crippen LogP contribution is -2.53. The number of nitrogens with one attached hydrogen (secondary N) is 2. The van der Waals surface area contributed by atoms with Gasteiger partial charge in [0, 0.05) is 30.9 Å². The second-order valence-electron chi connectivity index (χ2n) is 7.42. The van der Waals surface area contributed by atoms with E-state index in [9.17, 15) is 4.79 Å².